The van der Waals surface area contributed by atoms with Crippen LogP contribution in [0.4, 0.5) is 0 Å². The van der Waals surface area contributed by atoms with Crippen LogP contribution in [0.15, 0.2) is 47.1 Å². The van der Waals surface area contributed by atoms with Crippen molar-refractivity contribution in [2.45, 2.75) is 25.8 Å². The Kier molecular flexibility index (Phi) is 5.20. The fraction of sp³-hybridized carbons (Fsp3) is 0.421. The van der Waals surface area contributed by atoms with Crippen molar-refractivity contribution in [2.75, 3.05) is 19.7 Å². The summed E-state index contributed by atoms with van der Waals surface area (Å²) < 4.78 is 11.5. The molecule has 1 N–H and O–H groups in total. The largest absolute Gasteiger partial charge is 0.494 e. The maximum Gasteiger partial charge on any atom is 0.306 e. The van der Waals surface area contributed by atoms with Crippen LogP contribution in [0.3, 0.4) is 0 Å². The molecule has 1 fully saturated rings. The van der Waals surface area contributed by atoms with Gasteiger partial charge in [0.2, 0.25) is 0 Å². The lowest BCUT2D eigenvalue weighted by Crippen LogP contribution is -2.39. The van der Waals surface area contributed by atoms with Gasteiger partial charge >= 0.3 is 5.97 Å². The molecular weight excluding hydrogens is 306 g/mol. The van der Waals surface area contributed by atoms with Crippen LogP contribution in [-0.2, 0) is 4.79 Å². The Labute approximate surface area is 141 Å². The molecule has 0 aliphatic carbocycles. The number of furan rings is 1. The van der Waals surface area contributed by atoms with Gasteiger partial charge in [-0.3, -0.25) is 9.69 Å². The second-order valence-corrected chi connectivity index (χ2v) is 6.04. The Morgan fingerprint density at radius 1 is 1.29 bits per heavy atom. The lowest BCUT2D eigenvalue weighted by molar-refractivity contribution is -0.143. The standard InChI is InChI=1S/C19H23NO4/c1-2-23-16-7-4-3-6-15(16)18(17-8-5-13-24-17)20-11-9-14(10-12-20)19(21)22/h3-8,13-14,18H,2,9-12H2,1H3,(H,21,22). The zero-order chi connectivity index (χ0) is 16.9. The Balaban J connectivity index is 1.90. The van der Waals surface area contributed by atoms with Crippen molar-refractivity contribution in [1.82, 2.24) is 4.90 Å². The molecule has 1 aromatic carbocycles. The molecule has 1 unspecified atom stereocenters. The summed E-state index contributed by atoms with van der Waals surface area (Å²) in [4.78, 5) is 13.5. The molecule has 0 spiro atoms. The molecule has 5 nitrogen and oxygen atoms in total. The Morgan fingerprint density at radius 2 is 2.04 bits per heavy atom. The molecule has 1 atom stereocenters. The van der Waals surface area contributed by atoms with Gasteiger partial charge in [-0.15, -0.1) is 0 Å². The van der Waals surface area contributed by atoms with Gasteiger partial charge < -0.3 is 14.3 Å². The van der Waals surface area contributed by atoms with E-state index in [2.05, 4.69) is 11.0 Å². The van der Waals surface area contributed by atoms with Crippen LogP contribution < -0.4 is 4.74 Å². The quantitative estimate of drug-likeness (QED) is 0.878. The molecule has 1 aliphatic rings. The average molecular weight is 329 g/mol. The summed E-state index contributed by atoms with van der Waals surface area (Å²) in [6, 6.07) is 11.8. The highest BCUT2D eigenvalue weighted by Gasteiger charge is 2.32. The van der Waals surface area contributed by atoms with E-state index in [1.165, 1.54) is 0 Å². The molecule has 1 aliphatic heterocycles. The van der Waals surface area contributed by atoms with Crippen molar-refractivity contribution in [3.8, 4) is 5.75 Å². The maximum atomic E-state index is 11.2. The van der Waals surface area contributed by atoms with Crippen molar-refractivity contribution < 1.29 is 19.1 Å². The maximum absolute atomic E-state index is 11.2. The van der Waals surface area contributed by atoms with E-state index in [0.29, 0.717) is 19.4 Å². The number of aliphatic carboxylic acids is 1. The Hall–Kier alpha value is -2.27. The van der Waals surface area contributed by atoms with E-state index >= 15 is 0 Å². The molecule has 0 bridgehead atoms. The molecule has 0 saturated carbocycles. The predicted octanol–water partition coefficient (Wildman–Crippen LogP) is 3.56. The topological polar surface area (TPSA) is 62.9 Å². The lowest BCUT2D eigenvalue weighted by Gasteiger charge is -2.36. The first-order chi connectivity index (χ1) is 11.7. The third-order valence-corrected chi connectivity index (χ3v) is 4.57. The third kappa shape index (κ3) is 3.46. The number of hydrogen-bond donors (Lipinski definition) is 1. The fourth-order valence-corrected chi connectivity index (χ4v) is 3.37. The summed E-state index contributed by atoms with van der Waals surface area (Å²) in [6.07, 6.45) is 2.99. The zero-order valence-corrected chi connectivity index (χ0v) is 13.9. The van der Waals surface area contributed by atoms with Crippen LogP contribution >= 0.6 is 0 Å². The first-order valence-corrected chi connectivity index (χ1v) is 8.42. The molecule has 2 heterocycles. The van der Waals surface area contributed by atoms with Crippen LogP contribution in [0, 0.1) is 5.92 Å². The first-order valence-electron chi connectivity index (χ1n) is 8.42. The van der Waals surface area contributed by atoms with Crippen molar-refractivity contribution >= 4 is 5.97 Å². The number of nitrogens with zero attached hydrogens (tertiary/aromatic N) is 1. The molecule has 0 radical (unpaired) electrons. The van der Waals surface area contributed by atoms with Crippen molar-refractivity contribution in [3.05, 3.63) is 54.0 Å². The van der Waals surface area contributed by atoms with E-state index < -0.39 is 5.97 Å². The molecule has 1 saturated heterocycles. The van der Waals surface area contributed by atoms with Crippen LogP contribution in [-0.4, -0.2) is 35.7 Å². The first kappa shape index (κ1) is 16.6. The molecule has 128 valence electrons. The second kappa shape index (κ2) is 7.53. The number of carboxylic acids is 1. The van der Waals surface area contributed by atoms with Gasteiger partial charge in [-0.1, -0.05) is 18.2 Å². The highest BCUT2D eigenvalue weighted by molar-refractivity contribution is 5.70. The number of piperidine rings is 1. The normalized spacial score (nSPS) is 17.5. The molecule has 1 aromatic heterocycles. The number of carboxylic acid groups (broad SMARTS) is 1. The number of carbonyl (C=O) groups is 1. The second-order valence-electron chi connectivity index (χ2n) is 6.04. The summed E-state index contributed by atoms with van der Waals surface area (Å²) in [5.74, 6) is 0.761. The smallest absolute Gasteiger partial charge is 0.306 e. The minimum absolute atomic E-state index is 0.0579. The molecule has 0 amide bonds. The van der Waals surface area contributed by atoms with Gasteiger partial charge in [-0.2, -0.15) is 0 Å². The Bertz CT molecular complexity index is 660. The minimum atomic E-state index is -0.695. The number of rotatable bonds is 6. The number of benzene rings is 1. The number of likely N-dealkylation sites (tertiary alicyclic amines) is 1. The van der Waals surface area contributed by atoms with E-state index in [1.807, 2.05) is 37.3 Å². The van der Waals surface area contributed by atoms with Gasteiger partial charge in [0.25, 0.3) is 0 Å². The highest BCUT2D eigenvalue weighted by atomic mass is 16.5. The highest BCUT2D eigenvalue weighted by Crippen LogP contribution is 2.37. The van der Waals surface area contributed by atoms with Crippen LogP contribution in [0.2, 0.25) is 0 Å². The van der Waals surface area contributed by atoms with Gasteiger partial charge in [0.15, 0.2) is 0 Å². The van der Waals surface area contributed by atoms with Gasteiger partial charge in [0.05, 0.1) is 24.8 Å². The van der Waals surface area contributed by atoms with Gasteiger partial charge in [0.1, 0.15) is 11.5 Å². The number of para-hydroxylation sites is 1. The molecule has 24 heavy (non-hydrogen) atoms. The van der Waals surface area contributed by atoms with E-state index in [0.717, 1.165) is 30.2 Å². The predicted molar refractivity (Wildman–Crippen MR) is 90.1 cm³/mol. The van der Waals surface area contributed by atoms with Crippen molar-refractivity contribution in [3.63, 3.8) is 0 Å². The summed E-state index contributed by atoms with van der Waals surface area (Å²) in [5.41, 5.74) is 1.06. The zero-order valence-electron chi connectivity index (χ0n) is 13.9. The van der Waals surface area contributed by atoms with E-state index in [4.69, 9.17) is 9.15 Å². The molecule has 2 aromatic rings. The number of hydrogen-bond acceptors (Lipinski definition) is 4. The van der Waals surface area contributed by atoms with Crippen molar-refractivity contribution in [2.24, 2.45) is 5.92 Å². The van der Waals surface area contributed by atoms with Crippen LogP contribution in [0.1, 0.15) is 37.1 Å². The minimum Gasteiger partial charge on any atom is -0.494 e. The van der Waals surface area contributed by atoms with Gasteiger partial charge in [0, 0.05) is 18.7 Å². The van der Waals surface area contributed by atoms with Crippen LogP contribution in [0.25, 0.3) is 0 Å². The third-order valence-electron chi connectivity index (χ3n) is 4.57. The molecular formula is C19H23NO4. The summed E-state index contributed by atoms with van der Waals surface area (Å²) in [7, 11) is 0. The summed E-state index contributed by atoms with van der Waals surface area (Å²) in [6.45, 7) is 4.02. The van der Waals surface area contributed by atoms with E-state index in [1.54, 1.807) is 6.26 Å². The van der Waals surface area contributed by atoms with Crippen LogP contribution in [0.5, 0.6) is 5.75 Å². The Morgan fingerprint density at radius 3 is 2.67 bits per heavy atom. The van der Waals surface area contributed by atoms with E-state index in [-0.39, 0.29) is 12.0 Å². The van der Waals surface area contributed by atoms with Gasteiger partial charge in [-0.05, 0) is 38.0 Å². The van der Waals surface area contributed by atoms with Crippen molar-refractivity contribution in [1.29, 1.82) is 0 Å². The SMILES string of the molecule is CCOc1ccccc1C(c1ccco1)N1CCC(C(=O)O)CC1. The van der Waals surface area contributed by atoms with Gasteiger partial charge in [-0.25, -0.2) is 0 Å². The van der Waals surface area contributed by atoms with E-state index in [9.17, 15) is 9.90 Å². The number of ether oxygens (including phenoxy) is 1. The average Bonchev–Trinajstić information content (AvgIpc) is 3.11. The summed E-state index contributed by atoms with van der Waals surface area (Å²) >= 11 is 0. The molecule has 3 rings (SSSR count). The monoisotopic (exact) mass is 329 g/mol. The lowest BCUT2D eigenvalue weighted by atomic mass is 9.93. The fourth-order valence-electron chi connectivity index (χ4n) is 3.37. The summed E-state index contributed by atoms with van der Waals surface area (Å²) in [5, 5.41) is 9.22. The molecule has 5 heteroatoms.